The van der Waals surface area contributed by atoms with Crippen LogP contribution in [0.5, 0.6) is 0 Å². The van der Waals surface area contributed by atoms with Gasteiger partial charge in [-0.15, -0.1) is 0 Å². The van der Waals surface area contributed by atoms with Crippen molar-refractivity contribution in [2.24, 2.45) is 5.92 Å². The van der Waals surface area contributed by atoms with E-state index >= 15 is 4.39 Å². The molecule has 3 aromatic carbocycles. The highest BCUT2D eigenvalue weighted by molar-refractivity contribution is 5.97. The molecule has 5 heteroatoms. The fraction of sp³-hybridized carbons (Fsp3) is 0.333. The average Bonchev–Trinajstić information content (AvgIpc) is 2.86. The summed E-state index contributed by atoms with van der Waals surface area (Å²) in [6, 6.07) is 17.1. The summed E-state index contributed by atoms with van der Waals surface area (Å²) >= 11 is 0. The number of halogens is 1. The molecular weight excluding hydrogens is 439 g/mol. The van der Waals surface area contributed by atoms with E-state index in [0.717, 1.165) is 54.3 Å². The molecule has 0 heterocycles. The Balaban J connectivity index is 1.79. The van der Waals surface area contributed by atoms with E-state index in [2.05, 4.69) is 0 Å². The minimum Gasteiger partial charge on any atom is -0.375 e. The number of rotatable bonds is 7. The highest BCUT2D eigenvalue weighted by Gasteiger charge is 2.28. The van der Waals surface area contributed by atoms with Crippen molar-refractivity contribution < 1.29 is 14.0 Å². The van der Waals surface area contributed by atoms with E-state index in [4.69, 9.17) is 0 Å². The van der Waals surface area contributed by atoms with Crippen molar-refractivity contribution >= 4 is 39.9 Å². The predicted molar refractivity (Wildman–Crippen MR) is 142 cm³/mol. The Bertz CT molecular complexity index is 1260. The molecule has 0 N–H and O–H groups in total. The molecule has 0 bridgehead atoms. The number of allylic oxidation sites excluding steroid dienone is 1. The summed E-state index contributed by atoms with van der Waals surface area (Å²) in [6.45, 7) is 1.79. The summed E-state index contributed by atoms with van der Waals surface area (Å²) in [5, 5.41) is 1.36. The zero-order valence-electron chi connectivity index (χ0n) is 20.8. The molecule has 1 saturated carbocycles. The van der Waals surface area contributed by atoms with Gasteiger partial charge in [-0.3, -0.25) is 9.59 Å². The molecule has 35 heavy (non-hydrogen) atoms. The SMILES string of the molecule is CC(=O)/C=C/c1cccc(N(Cc2cccc3ccc(N(C)C)c(F)c23)C(=O)C2CCCCC2)c1. The molecule has 0 spiro atoms. The number of amides is 1. The number of anilines is 2. The zero-order chi connectivity index (χ0) is 24.9. The number of nitrogens with zero attached hydrogens (tertiary/aromatic N) is 2. The lowest BCUT2D eigenvalue weighted by atomic mass is 9.88. The van der Waals surface area contributed by atoms with E-state index in [1.807, 2.05) is 62.6 Å². The summed E-state index contributed by atoms with van der Waals surface area (Å²) < 4.78 is 15.6. The summed E-state index contributed by atoms with van der Waals surface area (Å²) in [5.41, 5.74) is 2.90. The highest BCUT2D eigenvalue weighted by atomic mass is 19.1. The lowest BCUT2D eigenvalue weighted by molar-refractivity contribution is -0.123. The molecule has 0 aromatic heterocycles. The van der Waals surface area contributed by atoms with Crippen molar-refractivity contribution in [2.75, 3.05) is 23.9 Å². The number of benzene rings is 3. The first-order chi connectivity index (χ1) is 16.8. The van der Waals surface area contributed by atoms with Crippen LogP contribution < -0.4 is 9.80 Å². The topological polar surface area (TPSA) is 40.6 Å². The minimum atomic E-state index is -0.272. The van der Waals surface area contributed by atoms with Crippen molar-refractivity contribution in [1.82, 2.24) is 0 Å². The van der Waals surface area contributed by atoms with Crippen LogP contribution in [-0.4, -0.2) is 25.8 Å². The van der Waals surface area contributed by atoms with Crippen LogP contribution >= 0.6 is 0 Å². The number of ketones is 1. The number of carbonyl (C=O) groups excluding carboxylic acids is 2. The zero-order valence-corrected chi connectivity index (χ0v) is 20.8. The highest BCUT2D eigenvalue weighted by Crippen LogP contribution is 2.33. The van der Waals surface area contributed by atoms with Crippen molar-refractivity contribution in [1.29, 1.82) is 0 Å². The normalized spacial score (nSPS) is 14.4. The monoisotopic (exact) mass is 472 g/mol. The van der Waals surface area contributed by atoms with Crippen LogP contribution in [0.25, 0.3) is 16.8 Å². The second-order valence-electron chi connectivity index (χ2n) is 9.61. The van der Waals surface area contributed by atoms with E-state index in [-0.39, 0.29) is 30.0 Å². The van der Waals surface area contributed by atoms with E-state index in [1.54, 1.807) is 21.9 Å². The Kier molecular flexibility index (Phi) is 7.64. The van der Waals surface area contributed by atoms with Gasteiger partial charge in [-0.2, -0.15) is 0 Å². The number of hydrogen-bond acceptors (Lipinski definition) is 3. The van der Waals surface area contributed by atoms with Crippen molar-refractivity contribution in [2.45, 2.75) is 45.6 Å². The van der Waals surface area contributed by atoms with Crippen LogP contribution in [0, 0.1) is 11.7 Å². The first kappa shape index (κ1) is 24.6. The first-order valence-corrected chi connectivity index (χ1v) is 12.3. The average molecular weight is 473 g/mol. The van der Waals surface area contributed by atoms with Crippen molar-refractivity contribution in [3.63, 3.8) is 0 Å². The standard InChI is InChI=1S/C30H33FN2O2/c1-21(34)15-16-22-9-7-14-26(19-22)33(30(35)24-10-5-4-6-11-24)20-25-13-8-12-23-17-18-27(32(2)3)29(31)28(23)25/h7-9,12-19,24H,4-6,10-11,20H2,1-3H3/b16-15+. The molecule has 4 nitrogen and oxygen atoms in total. The summed E-state index contributed by atoms with van der Waals surface area (Å²) in [4.78, 5) is 28.8. The van der Waals surface area contributed by atoms with Gasteiger partial charge in [0, 0.05) is 31.1 Å². The van der Waals surface area contributed by atoms with Crippen molar-refractivity contribution in [3.05, 3.63) is 77.6 Å². The van der Waals surface area contributed by atoms with Gasteiger partial charge in [-0.1, -0.05) is 61.7 Å². The molecule has 0 atom stereocenters. The largest absolute Gasteiger partial charge is 0.375 e. The number of fused-ring (bicyclic) bond motifs is 1. The Morgan fingerprint density at radius 1 is 1.00 bits per heavy atom. The van der Waals surface area contributed by atoms with Gasteiger partial charge < -0.3 is 9.80 Å². The second kappa shape index (κ2) is 10.9. The summed E-state index contributed by atoms with van der Waals surface area (Å²) in [6.07, 6.45) is 8.32. The molecule has 182 valence electrons. The molecule has 1 aliphatic carbocycles. The molecule has 0 saturated heterocycles. The van der Waals surface area contributed by atoms with Crippen LogP contribution in [0.15, 0.2) is 60.7 Å². The van der Waals surface area contributed by atoms with Gasteiger partial charge >= 0.3 is 0 Å². The quantitative estimate of drug-likeness (QED) is 0.357. The smallest absolute Gasteiger partial charge is 0.230 e. The third-order valence-corrected chi connectivity index (χ3v) is 6.77. The van der Waals surface area contributed by atoms with Gasteiger partial charge in [0.15, 0.2) is 11.6 Å². The van der Waals surface area contributed by atoms with E-state index in [1.165, 1.54) is 13.0 Å². The van der Waals surface area contributed by atoms with E-state index in [9.17, 15) is 9.59 Å². The maximum absolute atomic E-state index is 15.6. The lowest BCUT2D eigenvalue weighted by Crippen LogP contribution is -2.36. The fourth-order valence-corrected chi connectivity index (χ4v) is 4.92. The van der Waals surface area contributed by atoms with Gasteiger partial charge in [0.2, 0.25) is 5.91 Å². The Hall–Kier alpha value is -3.47. The van der Waals surface area contributed by atoms with E-state index < -0.39 is 0 Å². The summed E-state index contributed by atoms with van der Waals surface area (Å²) in [7, 11) is 3.65. The predicted octanol–water partition coefficient (Wildman–Crippen LogP) is 6.76. The molecule has 1 aliphatic rings. The van der Waals surface area contributed by atoms with Gasteiger partial charge in [-0.05, 0) is 60.6 Å². The third kappa shape index (κ3) is 5.61. The third-order valence-electron chi connectivity index (χ3n) is 6.77. The molecule has 0 aliphatic heterocycles. The molecule has 4 rings (SSSR count). The van der Waals surface area contributed by atoms with Gasteiger partial charge in [-0.25, -0.2) is 4.39 Å². The fourth-order valence-electron chi connectivity index (χ4n) is 4.92. The maximum atomic E-state index is 15.6. The molecular formula is C30H33FN2O2. The van der Waals surface area contributed by atoms with E-state index in [0.29, 0.717) is 11.1 Å². The molecule has 3 aromatic rings. The Morgan fingerprint density at radius 2 is 1.74 bits per heavy atom. The van der Waals surface area contributed by atoms with Gasteiger partial charge in [0.05, 0.1) is 12.2 Å². The summed E-state index contributed by atoms with van der Waals surface area (Å²) in [5.74, 6) is -0.254. The first-order valence-electron chi connectivity index (χ1n) is 12.3. The van der Waals surface area contributed by atoms with Crippen LogP contribution in [0.2, 0.25) is 0 Å². The van der Waals surface area contributed by atoms with Crippen LogP contribution in [-0.2, 0) is 16.1 Å². The Labute approximate surface area is 207 Å². The lowest BCUT2D eigenvalue weighted by Gasteiger charge is -2.30. The van der Waals surface area contributed by atoms with Gasteiger partial charge in [0.25, 0.3) is 0 Å². The van der Waals surface area contributed by atoms with Crippen molar-refractivity contribution in [3.8, 4) is 0 Å². The molecule has 1 fully saturated rings. The van der Waals surface area contributed by atoms with Crippen LogP contribution in [0.1, 0.15) is 50.2 Å². The Morgan fingerprint density at radius 3 is 2.46 bits per heavy atom. The maximum Gasteiger partial charge on any atom is 0.230 e. The molecule has 1 amide bonds. The molecule has 0 unspecified atom stereocenters. The minimum absolute atomic E-state index is 0.0303. The molecule has 0 radical (unpaired) electrons. The van der Waals surface area contributed by atoms with Gasteiger partial charge in [0.1, 0.15) is 0 Å². The second-order valence-corrected chi connectivity index (χ2v) is 9.61. The van der Waals surface area contributed by atoms with Crippen LogP contribution in [0.3, 0.4) is 0 Å². The number of carbonyl (C=O) groups is 2. The van der Waals surface area contributed by atoms with Crippen LogP contribution in [0.4, 0.5) is 15.8 Å². The number of hydrogen-bond donors (Lipinski definition) is 0.